The van der Waals surface area contributed by atoms with Crippen LogP contribution in [-0.2, 0) is 9.53 Å². The highest BCUT2D eigenvalue weighted by atomic mass is 35.5. The zero-order valence-electron chi connectivity index (χ0n) is 12.1. The van der Waals surface area contributed by atoms with E-state index in [1.165, 1.54) is 0 Å². The lowest BCUT2D eigenvalue weighted by Gasteiger charge is -2.35. The van der Waals surface area contributed by atoms with Crippen LogP contribution in [0.3, 0.4) is 0 Å². The molecule has 0 radical (unpaired) electrons. The lowest BCUT2D eigenvalue weighted by molar-refractivity contribution is -0.141. The van der Waals surface area contributed by atoms with Crippen LogP contribution in [0.15, 0.2) is 18.2 Å². The molecule has 1 amide bonds. The van der Waals surface area contributed by atoms with E-state index < -0.39 is 0 Å². The van der Waals surface area contributed by atoms with Gasteiger partial charge in [-0.25, -0.2) is 0 Å². The van der Waals surface area contributed by atoms with E-state index in [4.69, 9.17) is 21.6 Å². The van der Waals surface area contributed by atoms with Gasteiger partial charge in [-0.15, -0.1) is 0 Å². The Morgan fingerprint density at radius 1 is 1.48 bits per heavy atom. The number of nitrogens with one attached hydrogen (secondary N) is 1. The van der Waals surface area contributed by atoms with E-state index in [1.807, 2.05) is 19.9 Å². The van der Waals surface area contributed by atoms with Crippen molar-refractivity contribution in [3.8, 4) is 6.07 Å². The molecule has 0 saturated carbocycles. The normalized spacial score (nSPS) is 21.7. The maximum atomic E-state index is 12.2. The molecule has 1 saturated heterocycles. The number of morpholine rings is 1. The smallest absolute Gasteiger partial charge is 0.242 e. The molecule has 21 heavy (non-hydrogen) atoms. The van der Waals surface area contributed by atoms with Crippen molar-refractivity contribution in [2.75, 3.05) is 25.0 Å². The molecule has 1 N–H and O–H groups in total. The Morgan fingerprint density at radius 3 is 2.76 bits per heavy atom. The molecule has 2 rings (SSSR count). The van der Waals surface area contributed by atoms with Gasteiger partial charge in [0.15, 0.2) is 0 Å². The number of carbonyl (C=O) groups is 1. The van der Waals surface area contributed by atoms with Crippen LogP contribution in [-0.4, -0.2) is 42.6 Å². The molecule has 0 unspecified atom stereocenters. The van der Waals surface area contributed by atoms with Crippen LogP contribution < -0.4 is 5.32 Å². The minimum atomic E-state index is 0.0189. The van der Waals surface area contributed by atoms with Gasteiger partial charge in [-0.1, -0.05) is 11.6 Å². The highest BCUT2D eigenvalue weighted by molar-refractivity contribution is 6.31. The van der Waals surface area contributed by atoms with Gasteiger partial charge >= 0.3 is 0 Å². The topological polar surface area (TPSA) is 65.4 Å². The van der Waals surface area contributed by atoms with Gasteiger partial charge in [-0.05, 0) is 32.0 Å². The fourth-order valence-corrected chi connectivity index (χ4v) is 2.55. The first kappa shape index (κ1) is 15.6. The Hall–Kier alpha value is -1.77. The fourth-order valence-electron chi connectivity index (χ4n) is 2.39. The lowest BCUT2D eigenvalue weighted by Crippen LogP contribution is -2.49. The monoisotopic (exact) mass is 307 g/mol. The Bertz CT molecular complexity index is 561. The minimum absolute atomic E-state index is 0.0189. The molecule has 0 aliphatic carbocycles. The van der Waals surface area contributed by atoms with E-state index in [2.05, 4.69) is 5.32 Å². The summed E-state index contributed by atoms with van der Waals surface area (Å²) in [5, 5.41) is 12.4. The summed E-state index contributed by atoms with van der Waals surface area (Å²) in [6.45, 7) is 5.32. The zero-order valence-corrected chi connectivity index (χ0v) is 12.9. The first-order chi connectivity index (χ1) is 9.99. The molecule has 6 heteroatoms. The zero-order chi connectivity index (χ0) is 15.4. The van der Waals surface area contributed by atoms with E-state index in [-0.39, 0.29) is 24.7 Å². The molecule has 1 aliphatic rings. The van der Waals surface area contributed by atoms with Gasteiger partial charge in [0.2, 0.25) is 5.91 Å². The quantitative estimate of drug-likeness (QED) is 0.930. The van der Waals surface area contributed by atoms with Crippen molar-refractivity contribution in [2.45, 2.75) is 26.1 Å². The number of anilines is 1. The molecule has 1 aliphatic heterocycles. The largest absolute Gasteiger partial charge is 0.376 e. The summed E-state index contributed by atoms with van der Waals surface area (Å²) >= 11 is 5.87. The Balaban J connectivity index is 1.93. The number of amides is 1. The Kier molecular flexibility index (Phi) is 5.05. The summed E-state index contributed by atoms with van der Waals surface area (Å²) in [6, 6.07) is 7.05. The number of carbonyl (C=O) groups excluding carboxylic acids is 1. The summed E-state index contributed by atoms with van der Waals surface area (Å²) in [4.78, 5) is 14.0. The second-order valence-corrected chi connectivity index (χ2v) is 5.62. The van der Waals surface area contributed by atoms with Crippen molar-refractivity contribution in [2.24, 2.45) is 0 Å². The molecule has 5 nitrogen and oxygen atoms in total. The number of halogens is 1. The van der Waals surface area contributed by atoms with Gasteiger partial charge in [-0.3, -0.25) is 4.79 Å². The van der Waals surface area contributed by atoms with Gasteiger partial charge in [0.1, 0.15) is 6.07 Å². The van der Waals surface area contributed by atoms with Gasteiger partial charge in [0, 0.05) is 18.8 Å². The van der Waals surface area contributed by atoms with Gasteiger partial charge in [0.05, 0.1) is 29.3 Å². The average molecular weight is 308 g/mol. The predicted molar refractivity (Wildman–Crippen MR) is 81.2 cm³/mol. The summed E-state index contributed by atoms with van der Waals surface area (Å²) in [5.74, 6) is 0.0189. The first-order valence-corrected chi connectivity index (χ1v) is 7.24. The van der Waals surface area contributed by atoms with Gasteiger partial charge in [0.25, 0.3) is 0 Å². The third-order valence-corrected chi connectivity index (χ3v) is 3.63. The molecule has 1 heterocycles. The molecular formula is C15H18ClN3O2. The van der Waals surface area contributed by atoms with E-state index in [0.29, 0.717) is 29.4 Å². The van der Waals surface area contributed by atoms with Crippen LogP contribution in [0.4, 0.5) is 5.69 Å². The summed E-state index contributed by atoms with van der Waals surface area (Å²) in [5.41, 5.74) is 1.10. The molecule has 0 aromatic heterocycles. The van der Waals surface area contributed by atoms with Crippen LogP contribution in [0.1, 0.15) is 19.4 Å². The second-order valence-electron chi connectivity index (χ2n) is 5.22. The fraction of sp³-hybridized carbons (Fsp3) is 0.467. The lowest BCUT2D eigenvalue weighted by atomic mass is 10.2. The molecule has 1 aromatic carbocycles. The maximum Gasteiger partial charge on any atom is 0.242 e. The van der Waals surface area contributed by atoms with Crippen molar-refractivity contribution in [1.82, 2.24) is 4.90 Å². The third-order valence-electron chi connectivity index (χ3n) is 3.30. The van der Waals surface area contributed by atoms with Crippen molar-refractivity contribution in [1.29, 1.82) is 5.26 Å². The summed E-state index contributed by atoms with van der Waals surface area (Å²) in [7, 11) is 0. The number of hydrogen-bond acceptors (Lipinski definition) is 4. The standard InChI is InChI=1S/C15H18ClN3O2/c1-10-8-19(9-11(2)21-10)15(20)7-18-13-3-4-14(16)12(5-13)6-17/h3-5,10-11,18H,7-9H2,1-2H3/t10-,11-/m0/s1. The van der Waals surface area contributed by atoms with Gasteiger partial charge < -0.3 is 15.0 Å². The van der Waals surface area contributed by atoms with Crippen molar-refractivity contribution in [3.05, 3.63) is 28.8 Å². The SMILES string of the molecule is C[C@H]1CN(C(=O)CNc2ccc(Cl)c(C#N)c2)C[C@H](C)O1. The van der Waals surface area contributed by atoms with Gasteiger partial charge in [-0.2, -0.15) is 5.26 Å². The number of rotatable bonds is 3. The molecule has 0 spiro atoms. The number of ether oxygens (including phenoxy) is 1. The molecular weight excluding hydrogens is 290 g/mol. The van der Waals surface area contributed by atoms with Crippen molar-refractivity contribution < 1.29 is 9.53 Å². The number of benzene rings is 1. The van der Waals surface area contributed by atoms with Crippen LogP contribution in [0.5, 0.6) is 0 Å². The molecule has 1 aromatic rings. The van der Waals surface area contributed by atoms with E-state index >= 15 is 0 Å². The second kappa shape index (κ2) is 6.79. The van der Waals surface area contributed by atoms with E-state index in [9.17, 15) is 4.79 Å². The number of hydrogen-bond donors (Lipinski definition) is 1. The Morgan fingerprint density at radius 2 is 2.14 bits per heavy atom. The number of nitriles is 1. The molecule has 112 valence electrons. The van der Waals surface area contributed by atoms with Crippen LogP contribution in [0, 0.1) is 11.3 Å². The summed E-state index contributed by atoms with van der Waals surface area (Å²) in [6.07, 6.45) is 0.108. The maximum absolute atomic E-state index is 12.2. The van der Waals surface area contributed by atoms with Crippen LogP contribution >= 0.6 is 11.6 Å². The van der Waals surface area contributed by atoms with Crippen molar-refractivity contribution in [3.63, 3.8) is 0 Å². The highest BCUT2D eigenvalue weighted by Gasteiger charge is 2.25. The molecule has 2 atom stereocenters. The first-order valence-electron chi connectivity index (χ1n) is 6.86. The Labute approximate surface area is 129 Å². The highest BCUT2D eigenvalue weighted by Crippen LogP contribution is 2.19. The van der Waals surface area contributed by atoms with E-state index in [1.54, 1.807) is 23.1 Å². The molecule has 0 bridgehead atoms. The average Bonchev–Trinajstić information content (AvgIpc) is 2.45. The van der Waals surface area contributed by atoms with Crippen LogP contribution in [0.2, 0.25) is 5.02 Å². The van der Waals surface area contributed by atoms with Crippen molar-refractivity contribution >= 4 is 23.2 Å². The van der Waals surface area contributed by atoms with E-state index in [0.717, 1.165) is 0 Å². The summed E-state index contributed by atoms with van der Waals surface area (Å²) < 4.78 is 5.61. The molecule has 1 fully saturated rings. The predicted octanol–water partition coefficient (Wildman–Crippen LogP) is 2.26. The third kappa shape index (κ3) is 4.10. The number of nitrogens with zero attached hydrogens (tertiary/aromatic N) is 2. The van der Waals surface area contributed by atoms with Crippen LogP contribution in [0.25, 0.3) is 0 Å². The minimum Gasteiger partial charge on any atom is -0.376 e.